The largest absolute Gasteiger partial charge is 0.485 e. The number of benzene rings is 3. The maximum atomic E-state index is 5.72. The summed E-state index contributed by atoms with van der Waals surface area (Å²) in [6.45, 7) is 8.57. The quantitative estimate of drug-likeness (QED) is 0.206. The number of ether oxygens (including phenoxy) is 1. The number of hydrogen-bond donors (Lipinski definition) is 0. The average molecular weight is 617 g/mol. The van der Waals surface area contributed by atoms with Gasteiger partial charge in [0.05, 0.1) is 0 Å². The van der Waals surface area contributed by atoms with Crippen LogP contribution in [0.2, 0.25) is 13.1 Å². The molecule has 1 atom stereocenters. The van der Waals surface area contributed by atoms with Gasteiger partial charge in [-0.1, -0.05) is 91.5 Å². The van der Waals surface area contributed by atoms with E-state index in [1.165, 1.54) is 43.5 Å². The van der Waals surface area contributed by atoms with Crippen molar-refractivity contribution in [2.75, 3.05) is 0 Å². The zero-order valence-electron chi connectivity index (χ0n) is 20.7. The van der Waals surface area contributed by atoms with Crippen molar-refractivity contribution in [2.24, 2.45) is 0 Å². The summed E-state index contributed by atoms with van der Waals surface area (Å²) < 4.78 is 5.72. The molecule has 0 saturated heterocycles. The van der Waals surface area contributed by atoms with Crippen molar-refractivity contribution >= 4 is 44.6 Å². The Morgan fingerprint density at radius 3 is 2.39 bits per heavy atom. The van der Waals surface area contributed by atoms with Crippen molar-refractivity contribution < 1.29 is 30.6 Å². The SMILES string of the molecule is CC1=Cc2ccc3ccccc3c2C1.CC1C=c2ccc3c(c2O1)C=CC=3.C[Si]C.[CH3-].[CH3-].[Hf]. The third-order valence-corrected chi connectivity index (χ3v) is 5.45. The molecule has 1 heterocycles. The van der Waals surface area contributed by atoms with E-state index >= 15 is 0 Å². The molecule has 3 aromatic rings. The minimum Gasteiger partial charge on any atom is -0.485 e. The van der Waals surface area contributed by atoms with Crippen molar-refractivity contribution in [1.82, 2.24) is 0 Å². The van der Waals surface area contributed by atoms with E-state index in [1.54, 1.807) is 0 Å². The molecule has 1 nitrogen and oxygen atoms in total. The van der Waals surface area contributed by atoms with Crippen LogP contribution in [0.4, 0.5) is 0 Å². The Hall–Kier alpha value is -1.97. The standard InChI is InChI=1S/C14H12.C12H10O.C2H6Si.2CH3.Hf/c1-10-8-12-7-6-11-4-2-3-5-13(11)14(12)9-10;1-8-7-10-6-5-9-3-2-4-11(9)12(10)13-8;1-3-2;;;/h2-8H,9H2,1H3;2-8H,1H3;1-2H3;2*1H3;/q;;;2*-1;. The fraction of sp³-hybridized carbons (Fsp3) is 0.200. The molecular weight excluding hydrogens is 583 g/mol. The minimum absolute atomic E-state index is 0. The van der Waals surface area contributed by atoms with Gasteiger partial charge in [0.15, 0.2) is 0 Å². The molecule has 0 aromatic heterocycles. The fourth-order valence-electron chi connectivity index (χ4n) is 4.21. The zero-order valence-corrected chi connectivity index (χ0v) is 25.3. The Bertz CT molecular complexity index is 1270. The molecule has 0 spiro atoms. The van der Waals surface area contributed by atoms with Crippen molar-refractivity contribution in [3.63, 3.8) is 0 Å². The van der Waals surface area contributed by atoms with Crippen LogP contribution in [-0.4, -0.2) is 15.6 Å². The van der Waals surface area contributed by atoms with Crippen molar-refractivity contribution in [3.8, 4) is 5.75 Å². The average Bonchev–Trinajstić information content (AvgIpc) is 3.45. The molecule has 6 rings (SSSR count). The van der Waals surface area contributed by atoms with Crippen LogP contribution in [0.15, 0.2) is 60.2 Å². The molecule has 2 aliphatic carbocycles. The summed E-state index contributed by atoms with van der Waals surface area (Å²) in [6, 6.07) is 17.3. The Balaban J connectivity index is 0.000000274. The van der Waals surface area contributed by atoms with E-state index in [-0.39, 0.29) is 46.8 Å². The first-order valence-corrected chi connectivity index (χ1v) is 12.6. The van der Waals surface area contributed by atoms with Gasteiger partial charge in [-0.05, 0) is 53.5 Å². The summed E-state index contributed by atoms with van der Waals surface area (Å²) in [5, 5.41) is 5.26. The third-order valence-electron chi connectivity index (χ3n) is 5.45. The first kappa shape index (κ1) is 29.1. The van der Waals surface area contributed by atoms with Gasteiger partial charge < -0.3 is 19.6 Å². The van der Waals surface area contributed by atoms with Crippen LogP contribution in [0.3, 0.4) is 0 Å². The Morgan fingerprint density at radius 1 is 0.939 bits per heavy atom. The minimum atomic E-state index is 0. The van der Waals surface area contributed by atoms with Crippen LogP contribution in [-0.2, 0) is 32.3 Å². The van der Waals surface area contributed by atoms with Gasteiger partial charge in [-0.15, -0.1) is 0 Å². The molecule has 0 saturated carbocycles. The van der Waals surface area contributed by atoms with Crippen LogP contribution in [0.1, 0.15) is 30.5 Å². The molecule has 3 aliphatic rings. The molecule has 2 radical (unpaired) electrons. The summed E-state index contributed by atoms with van der Waals surface area (Å²) >= 11 is 0. The van der Waals surface area contributed by atoms with Gasteiger partial charge in [0, 0.05) is 46.1 Å². The van der Waals surface area contributed by atoms with Gasteiger partial charge >= 0.3 is 0 Å². The summed E-state index contributed by atoms with van der Waals surface area (Å²) in [6.07, 6.45) is 12.1. The summed E-state index contributed by atoms with van der Waals surface area (Å²) in [7, 11) is 1.08. The number of rotatable bonds is 0. The molecule has 0 amide bonds. The van der Waals surface area contributed by atoms with Crippen molar-refractivity contribution in [2.45, 2.75) is 39.5 Å². The van der Waals surface area contributed by atoms with E-state index in [9.17, 15) is 0 Å². The van der Waals surface area contributed by atoms with Gasteiger partial charge in [-0.2, -0.15) is 0 Å². The molecule has 3 aromatic carbocycles. The number of allylic oxidation sites excluding steroid dienone is 2. The smallest absolute Gasteiger partial charge is 0.135 e. The second-order valence-corrected chi connectivity index (χ2v) is 9.02. The molecule has 33 heavy (non-hydrogen) atoms. The number of hydrogen-bond acceptors (Lipinski definition) is 1. The van der Waals surface area contributed by atoms with E-state index in [0.717, 1.165) is 21.7 Å². The fourth-order valence-corrected chi connectivity index (χ4v) is 4.21. The first-order valence-electron chi connectivity index (χ1n) is 10.6. The monoisotopic (exact) mass is 618 g/mol. The summed E-state index contributed by atoms with van der Waals surface area (Å²) in [5.41, 5.74) is 5.61. The van der Waals surface area contributed by atoms with Crippen LogP contribution < -0.4 is 15.2 Å². The summed E-state index contributed by atoms with van der Waals surface area (Å²) in [5.74, 6) is 1.05. The second-order valence-electron chi connectivity index (χ2n) is 8.02. The Morgan fingerprint density at radius 2 is 1.64 bits per heavy atom. The van der Waals surface area contributed by atoms with E-state index in [0.29, 0.717) is 0 Å². The van der Waals surface area contributed by atoms with Crippen molar-refractivity contribution in [3.05, 3.63) is 102 Å². The first-order chi connectivity index (χ1) is 14.6. The molecule has 3 heteroatoms. The molecule has 0 fully saturated rings. The topological polar surface area (TPSA) is 9.23 Å². The Kier molecular flexibility index (Phi) is 11.5. The Labute approximate surface area is 221 Å². The maximum absolute atomic E-state index is 5.72. The van der Waals surface area contributed by atoms with Gasteiger partial charge in [0.1, 0.15) is 11.9 Å². The zero-order chi connectivity index (χ0) is 21.1. The molecule has 1 aliphatic heterocycles. The van der Waals surface area contributed by atoms with Gasteiger partial charge in [0.25, 0.3) is 0 Å². The molecule has 0 N–H and O–H groups in total. The van der Waals surface area contributed by atoms with Crippen LogP contribution in [0, 0.1) is 14.9 Å². The molecular formula is C30H34HfOSi-2. The van der Waals surface area contributed by atoms with Crippen molar-refractivity contribution in [1.29, 1.82) is 0 Å². The molecule has 1 unspecified atom stereocenters. The summed E-state index contributed by atoms with van der Waals surface area (Å²) in [4.78, 5) is 0. The van der Waals surface area contributed by atoms with Gasteiger partial charge in [-0.25, -0.2) is 0 Å². The predicted octanol–water partition coefficient (Wildman–Crippen LogP) is 6.54. The van der Waals surface area contributed by atoms with E-state index in [4.69, 9.17) is 4.74 Å². The number of fused-ring (bicyclic) bond motifs is 6. The maximum Gasteiger partial charge on any atom is 0.135 e. The van der Waals surface area contributed by atoms with E-state index in [2.05, 4.69) is 106 Å². The van der Waals surface area contributed by atoms with Gasteiger partial charge in [0.2, 0.25) is 0 Å². The van der Waals surface area contributed by atoms with Crippen LogP contribution >= 0.6 is 0 Å². The molecule has 0 bridgehead atoms. The van der Waals surface area contributed by atoms with Gasteiger partial charge in [-0.3, -0.25) is 0 Å². The predicted molar refractivity (Wildman–Crippen MR) is 145 cm³/mol. The van der Waals surface area contributed by atoms with Crippen LogP contribution in [0.5, 0.6) is 5.75 Å². The van der Waals surface area contributed by atoms with Crippen LogP contribution in [0.25, 0.3) is 35.1 Å². The normalized spacial score (nSPS) is 15.0. The molecule has 170 valence electrons. The van der Waals surface area contributed by atoms with E-state index in [1.807, 2.05) is 0 Å². The third kappa shape index (κ3) is 6.33. The second kappa shape index (κ2) is 13.1. The van der Waals surface area contributed by atoms with E-state index < -0.39 is 0 Å².